The lowest BCUT2D eigenvalue weighted by molar-refractivity contribution is -0.132. The van der Waals surface area contributed by atoms with Crippen molar-refractivity contribution < 1.29 is 19.1 Å². The van der Waals surface area contributed by atoms with E-state index in [0.29, 0.717) is 22.8 Å². The van der Waals surface area contributed by atoms with Gasteiger partial charge in [0.2, 0.25) is 5.91 Å². The largest absolute Gasteiger partial charge is 0.457 e. The number of cyclic esters (lactones) is 1. The molecule has 2 fully saturated rings. The summed E-state index contributed by atoms with van der Waals surface area (Å²) in [5, 5.41) is 2.55. The van der Waals surface area contributed by atoms with E-state index in [9.17, 15) is 14.4 Å². The van der Waals surface area contributed by atoms with Crippen molar-refractivity contribution in [3.8, 4) is 0 Å². The van der Waals surface area contributed by atoms with Crippen molar-refractivity contribution in [3.05, 3.63) is 51.7 Å². The Morgan fingerprint density at radius 3 is 2.39 bits per heavy atom. The smallest absolute Gasteiger partial charge is 0.338 e. The molecule has 10 heteroatoms. The van der Waals surface area contributed by atoms with Gasteiger partial charge in [-0.2, -0.15) is 0 Å². The minimum Gasteiger partial charge on any atom is -0.457 e. The second kappa shape index (κ2) is 13.0. The van der Waals surface area contributed by atoms with Gasteiger partial charge in [-0.15, -0.1) is 11.3 Å². The SMILES string of the molecule is CC1(C)C(=O)N(c2ccc3c(c2)COC3=O)C(=S)N1CCCCCCCCN1CCN(C(=O)Cc2cccs2)CC1. The highest BCUT2D eigenvalue weighted by molar-refractivity contribution is 7.80. The van der Waals surface area contributed by atoms with Crippen molar-refractivity contribution in [2.75, 3.05) is 44.2 Å². The number of anilines is 1. The van der Waals surface area contributed by atoms with Gasteiger partial charge < -0.3 is 14.5 Å². The summed E-state index contributed by atoms with van der Waals surface area (Å²) in [6.07, 6.45) is 7.39. The summed E-state index contributed by atoms with van der Waals surface area (Å²) in [5.41, 5.74) is 1.34. The van der Waals surface area contributed by atoms with E-state index >= 15 is 0 Å². The van der Waals surface area contributed by atoms with Gasteiger partial charge in [-0.25, -0.2) is 4.79 Å². The summed E-state index contributed by atoms with van der Waals surface area (Å²) in [4.78, 5) is 47.0. The number of rotatable bonds is 12. The van der Waals surface area contributed by atoms with Gasteiger partial charge in [0.05, 0.1) is 17.7 Å². The molecular formula is C31H40N4O4S2. The van der Waals surface area contributed by atoms with Crippen LogP contribution in [-0.4, -0.2) is 82.4 Å². The Morgan fingerprint density at radius 2 is 1.68 bits per heavy atom. The van der Waals surface area contributed by atoms with Crippen LogP contribution in [0.4, 0.5) is 5.69 Å². The molecule has 0 spiro atoms. The van der Waals surface area contributed by atoms with E-state index in [1.165, 1.54) is 25.7 Å². The molecule has 0 aliphatic carbocycles. The molecule has 8 nitrogen and oxygen atoms in total. The van der Waals surface area contributed by atoms with Crippen molar-refractivity contribution >= 4 is 52.1 Å². The zero-order valence-electron chi connectivity index (χ0n) is 24.1. The quantitative estimate of drug-likeness (QED) is 0.197. The number of thiophene rings is 1. The summed E-state index contributed by atoms with van der Waals surface area (Å²) in [6.45, 7) is 9.54. The number of amides is 2. The Hall–Kier alpha value is -2.82. The molecule has 3 aliphatic heterocycles. The van der Waals surface area contributed by atoms with E-state index in [4.69, 9.17) is 17.0 Å². The van der Waals surface area contributed by atoms with E-state index in [1.807, 2.05) is 47.2 Å². The topological polar surface area (TPSA) is 73.4 Å². The predicted molar refractivity (Wildman–Crippen MR) is 165 cm³/mol. The first-order valence-electron chi connectivity index (χ1n) is 14.7. The van der Waals surface area contributed by atoms with Crippen LogP contribution in [0.3, 0.4) is 0 Å². The van der Waals surface area contributed by atoms with Crippen LogP contribution in [-0.2, 0) is 27.4 Å². The number of hydrogen-bond donors (Lipinski definition) is 0. The van der Waals surface area contributed by atoms with Gasteiger partial charge in [0, 0.05) is 43.2 Å². The number of thiocarbonyl (C=S) groups is 1. The van der Waals surface area contributed by atoms with Crippen LogP contribution >= 0.6 is 23.6 Å². The maximum absolute atomic E-state index is 13.3. The third kappa shape index (κ3) is 6.65. The fourth-order valence-corrected chi connectivity index (χ4v) is 7.11. The second-order valence-electron chi connectivity index (χ2n) is 11.7. The molecular weight excluding hydrogens is 556 g/mol. The van der Waals surface area contributed by atoms with E-state index < -0.39 is 5.54 Å². The number of fused-ring (bicyclic) bond motifs is 1. The maximum Gasteiger partial charge on any atom is 0.338 e. The molecule has 1 aromatic carbocycles. The van der Waals surface area contributed by atoms with Crippen LogP contribution in [0.1, 0.15) is 73.2 Å². The summed E-state index contributed by atoms with van der Waals surface area (Å²) >= 11 is 7.42. The first-order valence-corrected chi connectivity index (χ1v) is 16.0. The monoisotopic (exact) mass is 596 g/mol. The molecule has 4 heterocycles. The first kappa shape index (κ1) is 29.7. The average Bonchev–Trinajstić information content (AvgIpc) is 3.65. The van der Waals surface area contributed by atoms with Crippen molar-refractivity contribution in [2.45, 2.75) is 70.9 Å². The van der Waals surface area contributed by atoms with Gasteiger partial charge in [0.15, 0.2) is 5.11 Å². The highest BCUT2D eigenvalue weighted by Gasteiger charge is 2.49. The van der Waals surface area contributed by atoms with Crippen LogP contribution < -0.4 is 4.90 Å². The molecule has 0 saturated carbocycles. The molecule has 2 amide bonds. The molecule has 0 unspecified atom stereocenters. The summed E-state index contributed by atoms with van der Waals surface area (Å²) in [5.74, 6) is -0.112. The van der Waals surface area contributed by atoms with E-state index in [1.54, 1.807) is 28.4 Å². The van der Waals surface area contributed by atoms with Crippen molar-refractivity contribution in [1.82, 2.24) is 14.7 Å². The van der Waals surface area contributed by atoms with Gasteiger partial charge in [0.1, 0.15) is 12.1 Å². The molecule has 41 heavy (non-hydrogen) atoms. The summed E-state index contributed by atoms with van der Waals surface area (Å²) < 4.78 is 5.11. The average molecular weight is 597 g/mol. The van der Waals surface area contributed by atoms with Crippen LogP contribution in [0.2, 0.25) is 0 Å². The third-order valence-electron chi connectivity index (χ3n) is 8.49. The highest BCUT2D eigenvalue weighted by Crippen LogP contribution is 2.34. The Kier molecular flexibility index (Phi) is 9.41. The summed E-state index contributed by atoms with van der Waals surface area (Å²) in [7, 11) is 0. The van der Waals surface area contributed by atoms with E-state index in [2.05, 4.69) is 4.90 Å². The van der Waals surface area contributed by atoms with Crippen LogP contribution in [0.15, 0.2) is 35.7 Å². The number of nitrogens with zero attached hydrogens (tertiary/aromatic N) is 4. The number of carbonyl (C=O) groups is 3. The van der Waals surface area contributed by atoms with Crippen LogP contribution in [0.5, 0.6) is 0 Å². The number of piperazine rings is 1. The zero-order valence-corrected chi connectivity index (χ0v) is 25.7. The van der Waals surface area contributed by atoms with E-state index in [0.717, 1.165) is 62.6 Å². The second-order valence-corrected chi connectivity index (χ2v) is 13.0. The van der Waals surface area contributed by atoms with Gasteiger partial charge >= 0.3 is 5.97 Å². The highest BCUT2D eigenvalue weighted by atomic mass is 32.1. The minimum absolute atomic E-state index is 0.0413. The van der Waals surface area contributed by atoms with Gasteiger partial charge in [-0.05, 0) is 75.1 Å². The Morgan fingerprint density at radius 1 is 0.976 bits per heavy atom. The molecule has 1 aromatic heterocycles. The van der Waals surface area contributed by atoms with Crippen LogP contribution in [0.25, 0.3) is 0 Å². The number of esters is 1. The molecule has 0 atom stereocenters. The molecule has 2 saturated heterocycles. The lowest BCUT2D eigenvalue weighted by atomic mass is 10.0. The minimum atomic E-state index is -0.707. The Labute approximate surface area is 252 Å². The lowest BCUT2D eigenvalue weighted by Gasteiger charge is -2.34. The number of hydrogen-bond acceptors (Lipinski definition) is 7. The Bertz CT molecular complexity index is 1270. The van der Waals surface area contributed by atoms with Gasteiger partial charge in [0.25, 0.3) is 5.91 Å². The molecule has 3 aliphatic rings. The lowest BCUT2D eigenvalue weighted by Crippen LogP contribution is -2.49. The van der Waals surface area contributed by atoms with Crippen molar-refractivity contribution in [1.29, 1.82) is 0 Å². The fourth-order valence-electron chi connectivity index (χ4n) is 5.90. The molecule has 0 bridgehead atoms. The standard InChI is InChI=1S/C31H40N4O4S2/c1-31(2)29(38)35(24-11-12-26-23(20-24)22-39-28(26)37)30(40)34(31)14-8-6-4-3-5-7-13-32-15-17-33(18-16-32)27(36)21-25-10-9-19-41-25/h9-12,19-20H,3-8,13-18,21-22H2,1-2H3. The molecule has 2 aromatic rings. The number of ether oxygens (including phenoxy) is 1. The normalized spacial score (nSPS) is 18.8. The number of carbonyl (C=O) groups excluding carboxylic acids is 3. The maximum atomic E-state index is 13.3. The van der Waals surface area contributed by atoms with Crippen LogP contribution in [0, 0.1) is 0 Å². The third-order valence-corrected chi connectivity index (χ3v) is 9.77. The predicted octanol–water partition coefficient (Wildman–Crippen LogP) is 4.86. The first-order chi connectivity index (χ1) is 19.8. The molecule has 5 rings (SSSR count). The molecule has 0 radical (unpaired) electrons. The molecule has 220 valence electrons. The summed E-state index contributed by atoms with van der Waals surface area (Å²) in [6, 6.07) is 9.38. The zero-order chi connectivity index (χ0) is 29.0. The van der Waals surface area contributed by atoms with Crippen molar-refractivity contribution in [2.24, 2.45) is 0 Å². The van der Waals surface area contributed by atoms with E-state index in [-0.39, 0.29) is 24.4 Å². The Balaban J connectivity index is 0.971. The van der Waals surface area contributed by atoms with Gasteiger partial charge in [-0.1, -0.05) is 31.7 Å². The van der Waals surface area contributed by atoms with Crippen molar-refractivity contribution in [3.63, 3.8) is 0 Å². The molecule has 0 N–H and O–H groups in total. The number of benzene rings is 1. The number of unbranched alkanes of at least 4 members (excludes halogenated alkanes) is 5. The fraction of sp³-hybridized carbons (Fsp3) is 0.548. The van der Waals surface area contributed by atoms with Gasteiger partial charge in [-0.3, -0.25) is 19.4 Å².